The molecule has 0 radical (unpaired) electrons. The van der Waals surface area contributed by atoms with Gasteiger partial charge >= 0.3 is 0 Å². The highest BCUT2D eigenvalue weighted by Gasteiger charge is 2.26. The van der Waals surface area contributed by atoms with Crippen molar-refractivity contribution in [1.82, 2.24) is 9.88 Å². The van der Waals surface area contributed by atoms with E-state index in [1.54, 1.807) is 4.90 Å². The largest absolute Gasteiger partial charge is 0.382 e. The Balaban J connectivity index is 2.12. The van der Waals surface area contributed by atoms with Crippen LogP contribution in [-0.2, 0) is 10.8 Å². The first kappa shape index (κ1) is 15.2. The zero-order valence-electron chi connectivity index (χ0n) is 11.9. The highest BCUT2D eigenvalue weighted by atomic mass is 32.2. The Kier molecular flexibility index (Phi) is 4.33. The number of carbonyl (C=O) groups is 1. The van der Waals surface area contributed by atoms with Gasteiger partial charge in [-0.3, -0.25) is 9.00 Å². The number of nitrogens with zero attached hydrogens (tertiary/aromatic N) is 2. The zero-order valence-corrected chi connectivity index (χ0v) is 13.6. The quantitative estimate of drug-likeness (QED) is 0.854. The summed E-state index contributed by atoms with van der Waals surface area (Å²) in [6.45, 7) is 7.10. The molecule has 0 spiro atoms. The smallest absolute Gasteiger partial charge is 0.267 e. The Morgan fingerprint density at radius 1 is 1.40 bits per heavy atom. The monoisotopic (exact) mass is 316 g/mol. The molecule has 8 heteroatoms. The molecule has 6 nitrogen and oxygen atoms in total. The topological polar surface area (TPSA) is 88.3 Å². The summed E-state index contributed by atoms with van der Waals surface area (Å²) in [7, 11) is -0.797. The van der Waals surface area contributed by atoms with Crippen molar-refractivity contribution in [3.8, 4) is 0 Å². The van der Waals surface area contributed by atoms with E-state index in [1.165, 1.54) is 11.3 Å². The number of thiazole rings is 1. The molecule has 1 fully saturated rings. The Morgan fingerprint density at radius 3 is 2.55 bits per heavy atom. The van der Waals surface area contributed by atoms with Crippen LogP contribution in [-0.4, -0.2) is 50.1 Å². The highest BCUT2D eigenvalue weighted by Crippen LogP contribution is 2.28. The minimum absolute atomic E-state index is 0.112. The third kappa shape index (κ3) is 3.69. The van der Waals surface area contributed by atoms with Crippen LogP contribution in [0.15, 0.2) is 0 Å². The SMILES string of the molecule is CC(C)(C)Nc1nc(N)c(C(=O)N2CCS(=O)CC2)s1. The van der Waals surface area contributed by atoms with Crippen molar-refractivity contribution in [2.24, 2.45) is 0 Å². The van der Waals surface area contributed by atoms with Gasteiger partial charge in [0.15, 0.2) is 5.13 Å². The molecular weight excluding hydrogens is 296 g/mol. The van der Waals surface area contributed by atoms with Gasteiger partial charge in [-0.15, -0.1) is 0 Å². The summed E-state index contributed by atoms with van der Waals surface area (Å²) >= 11 is 1.27. The molecule has 0 aromatic carbocycles. The van der Waals surface area contributed by atoms with Gasteiger partial charge in [-0.2, -0.15) is 0 Å². The van der Waals surface area contributed by atoms with Crippen molar-refractivity contribution in [3.63, 3.8) is 0 Å². The van der Waals surface area contributed by atoms with Gasteiger partial charge in [-0.05, 0) is 20.8 Å². The zero-order chi connectivity index (χ0) is 14.9. The molecule has 1 amide bonds. The fraction of sp³-hybridized carbons (Fsp3) is 0.667. The molecule has 3 N–H and O–H groups in total. The van der Waals surface area contributed by atoms with Gasteiger partial charge in [0, 0.05) is 40.9 Å². The van der Waals surface area contributed by atoms with E-state index in [0.29, 0.717) is 34.6 Å². The van der Waals surface area contributed by atoms with Crippen LogP contribution in [0, 0.1) is 0 Å². The van der Waals surface area contributed by atoms with Crippen molar-refractivity contribution < 1.29 is 9.00 Å². The number of nitrogens with one attached hydrogen (secondary N) is 1. The predicted octanol–water partition coefficient (Wildman–Crippen LogP) is 1.14. The summed E-state index contributed by atoms with van der Waals surface area (Å²) in [4.78, 5) is 18.8. The normalized spacial score (nSPS) is 17.2. The minimum atomic E-state index is -0.797. The predicted molar refractivity (Wildman–Crippen MR) is 83.7 cm³/mol. The van der Waals surface area contributed by atoms with E-state index < -0.39 is 10.8 Å². The Labute approximate surface area is 125 Å². The van der Waals surface area contributed by atoms with E-state index in [2.05, 4.69) is 10.3 Å². The van der Waals surface area contributed by atoms with E-state index >= 15 is 0 Å². The number of hydrogen-bond acceptors (Lipinski definition) is 6. The number of hydrogen-bond donors (Lipinski definition) is 2. The fourth-order valence-corrected chi connectivity index (χ4v) is 3.96. The average molecular weight is 316 g/mol. The number of rotatable bonds is 2. The van der Waals surface area contributed by atoms with Crippen molar-refractivity contribution in [2.75, 3.05) is 35.6 Å². The maximum absolute atomic E-state index is 12.4. The summed E-state index contributed by atoms with van der Waals surface area (Å²) in [6, 6.07) is 0. The third-order valence-electron chi connectivity index (χ3n) is 2.79. The molecule has 20 heavy (non-hydrogen) atoms. The first-order chi connectivity index (χ1) is 9.26. The number of aromatic nitrogens is 1. The second-order valence-electron chi connectivity index (χ2n) is 5.75. The Hall–Kier alpha value is -1.15. The van der Waals surface area contributed by atoms with Crippen molar-refractivity contribution >= 4 is 39.0 Å². The third-order valence-corrected chi connectivity index (χ3v) is 5.04. The molecule has 1 aromatic rings. The summed E-state index contributed by atoms with van der Waals surface area (Å²) in [5.74, 6) is 1.23. The van der Waals surface area contributed by atoms with Crippen LogP contribution in [0.1, 0.15) is 30.4 Å². The molecule has 0 aliphatic carbocycles. The van der Waals surface area contributed by atoms with Crippen LogP contribution in [0.4, 0.5) is 10.9 Å². The lowest BCUT2D eigenvalue weighted by Crippen LogP contribution is -2.41. The second kappa shape index (κ2) is 5.69. The molecule has 112 valence electrons. The minimum Gasteiger partial charge on any atom is -0.382 e. The van der Waals surface area contributed by atoms with Crippen LogP contribution >= 0.6 is 11.3 Å². The van der Waals surface area contributed by atoms with E-state index in [9.17, 15) is 9.00 Å². The molecular formula is C12H20N4O2S2. The Morgan fingerprint density at radius 2 is 2.00 bits per heavy atom. The number of nitrogen functional groups attached to an aromatic ring is 1. The van der Waals surface area contributed by atoms with Gasteiger partial charge in [0.25, 0.3) is 5.91 Å². The van der Waals surface area contributed by atoms with Crippen molar-refractivity contribution in [1.29, 1.82) is 0 Å². The van der Waals surface area contributed by atoms with Crippen molar-refractivity contribution in [3.05, 3.63) is 4.88 Å². The molecule has 1 aliphatic rings. The number of anilines is 2. The first-order valence-electron chi connectivity index (χ1n) is 6.45. The van der Waals surface area contributed by atoms with Crippen LogP contribution in [0.5, 0.6) is 0 Å². The summed E-state index contributed by atoms with van der Waals surface area (Å²) in [6.07, 6.45) is 0. The maximum Gasteiger partial charge on any atom is 0.267 e. The molecule has 1 aliphatic heterocycles. The maximum atomic E-state index is 12.4. The molecule has 1 saturated heterocycles. The van der Waals surface area contributed by atoms with Gasteiger partial charge in [0.2, 0.25) is 0 Å². The van der Waals surface area contributed by atoms with E-state index in [0.717, 1.165) is 0 Å². The average Bonchev–Trinajstić information content (AvgIpc) is 2.67. The number of nitrogens with two attached hydrogens (primary N) is 1. The molecule has 0 saturated carbocycles. The molecule has 2 heterocycles. The van der Waals surface area contributed by atoms with Gasteiger partial charge in [0.05, 0.1) is 0 Å². The van der Waals surface area contributed by atoms with Crippen LogP contribution in [0.2, 0.25) is 0 Å². The molecule has 0 atom stereocenters. The molecule has 0 bridgehead atoms. The molecule has 1 aromatic heterocycles. The molecule has 2 rings (SSSR count). The summed E-state index contributed by atoms with van der Waals surface area (Å²) in [5.41, 5.74) is 5.71. The van der Waals surface area contributed by atoms with Crippen LogP contribution in [0.3, 0.4) is 0 Å². The van der Waals surface area contributed by atoms with Crippen LogP contribution < -0.4 is 11.1 Å². The van der Waals surface area contributed by atoms with E-state index in [1.807, 2.05) is 20.8 Å². The summed E-state index contributed by atoms with van der Waals surface area (Å²) < 4.78 is 11.3. The van der Waals surface area contributed by atoms with Gasteiger partial charge in [-0.1, -0.05) is 11.3 Å². The van der Waals surface area contributed by atoms with Crippen LogP contribution in [0.25, 0.3) is 0 Å². The lowest BCUT2D eigenvalue weighted by atomic mass is 10.1. The van der Waals surface area contributed by atoms with Gasteiger partial charge < -0.3 is 16.0 Å². The van der Waals surface area contributed by atoms with Crippen molar-refractivity contribution in [2.45, 2.75) is 26.3 Å². The second-order valence-corrected chi connectivity index (χ2v) is 8.44. The highest BCUT2D eigenvalue weighted by molar-refractivity contribution is 7.85. The van der Waals surface area contributed by atoms with E-state index in [4.69, 9.17) is 5.73 Å². The van der Waals surface area contributed by atoms with Gasteiger partial charge in [0.1, 0.15) is 10.7 Å². The number of amides is 1. The Bertz CT molecular complexity index is 526. The number of carbonyl (C=O) groups excluding carboxylic acids is 1. The fourth-order valence-electron chi connectivity index (χ4n) is 1.84. The standard InChI is InChI=1S/C12H20N4O2S2/c1-12(2,3)15-11-14-9(13)8(19-11)10(17)16-4-6-20(18)7-5-16/h4-7,13H2,1-3H3,(H,14,15). The first-order valence-corrected chi connectivity index (χ1v) is 8.75. The van der Waals surface area contributed by atoms with Gasteiger partial charge in [-0.25, -0.2) is 4.98 Å². The van der Waals surface area contributed by atoms with E-state index in [-0.39, 0.29) is 17.3 Å². The lowest BCUT2D eigenvalue weighted by Gasteiger charge is -2.25. The summed E-state index contributed by atoms with van der Waals surface area (Å²) in [5, 5.41) is 3.87. The lowest BCUT2D eigenvalue weighted by molar-refractivity contribution is 0.0777. The molecule has 0 unspecified atom stereocenters.